The molecule has 120 valence electrons. The molecule has 0 aliphatic carbocycles. The zero-order chi connectivity index (χ0) is 15.7. The average Bonchev–Trinajstić information content (AvgIpc) is 2.93. The summed E-state index contributed by atoms with van der Waals surface area (Å²) in [5.41, 5.74) is 1.67. The standard InChI is InChI=1S/C18H27N3O/c1-4-20-12-10-18(15-8-6-5-7-9-15)11-13-21(14-16(18)20)17(22)19(2)3/h5-9,16H,4,10-14H2,1-3H3/t16-,18+/m0/s1. The molecule has 2 atom stereocenters. The van der Waals surface area contributed by atoms with Crippen LogP contribution in [0.25, 0.3) is 0 Å². The molecular weight excluding hydrogens is 274 g/mol. The number of benzene rings is 1. The lowest BCUT2D eigenvalue weighted by Gasteiger charge is -2.47. The van der Waals surface area contributed by atoms with Gasteiger partial charge in [0.05, 0.1) is 0 Å². The normalized spacial score (nSPS) is 28.5. The third kappa shape index (κ3) is 2.39. The molecule has 0 saturated carbocycles. The summed E-state index contributed by atoms with van der Waals surface area (Å²) in [4.78, 5) is 18.6. The highest BCUT2D eigenvalue weighted by Crippen LogP contribution is 2.45. The number of likely N-dealkylation sites (N-methyl/N-ethyl adjacent to an activating group) is 1. The molecule has 0 bridgehead atoms. The smallest absolute Gasteiger partial charge is 0.319 e. The number of amides is 2. The van der Waals surface area contributed by atoms with Crippen molar-refractivity contribution >= 4 is 6.03 Å². The van der Waals surface area contributed by atoms with Crippen LogP contribution in [0.3, 0.4) is 0 Å². The van der Waals surface area contributed by atoms with E-state index in [1.165, 1.54) is 12.0 Å². The second-order valence-corrected chi connectivity index (χ2v) is 6.79. The van der Waals surface area contributed by atoms with Gasteiger partial charge in [-0.25, -0.2) is 4.79 Å². The van der Waals surface area contributed by atoms with Crippen LogP contribution in [-0.4, -0.2) is 67.0 Å². The van der Waals surface area contributed by atoms with Gasteiger partial charge in [-0.05, 0) is 31.5 Å². The van der Waals surface area contributed by atoms with E-state index in [4.69, 9.17) is 0 Å². The number of fused-ring (bicyclic) bond motifs is 1. The van der Waals surface area contributed by atoms with Gasteiger partial charge in [0, 0.05) is 38.6 Å². The molecule has 2 aliphatic heterocycles. The molecule has 0 unspecified atom stereocenters. The van der Waals surface area contributed by atoms with Crippen molar-refractivity contribution in [1.82, 2.24) is 14.7 Å². The van der Waals surface area contributed by atoms with Crippen LogP contribution < -0.4 is 0 Å². The quantitative estimate of drug-likeness (QED) is 0.839. The van der Waals surface area contributed by atoms with Crippen molar-refractivity contribution in [3.8, 4) is 0 Å². The van der Waals surface area contributed by atoms with E-state index in [1.807, 2.05) is 19.0 Å². The van der Waals surface area contributed by atoms with E-state index in [9.17, 15) is 4.79 Å². The second-order valence-electron chi connectivity index (χ2n) is 6.79. The molecule has 4 nitrogen and oxygen atoms in total. The number of likely N-dealkylation sites (tertiary alicyclic amines) is 2. The predicted octanol–water partition coefficient (Wildman–Crippen LogP) is 2.41. The number of hydrogen-bond donors (Lipinski definition) is 0. The molecule has 0 aromatic heterocycles. The lowest BCUT2D eigenvalue weighted by molar-refractivity contribution is 0.0906. The van der Waals surface area contributed by atoms with Crippen molar-refractivity contribution in [3.63, 3.8) is 0 Å². The lowest BCUT2D eigenvalue weighted by Crippen LogP contribution is -2.58. The van der Waals surface area contributed by atoms with Crippen LogP contribution in [0.5, 0.6) is 0 Å². The second kappa shape index (κ2) is 5.92. The van der Waals surface area contributed by atoms with Gasteiger partial charge in [0.1, 0.15) is 0 Å². The number of carbonyl (C=O) groups is 1. The number of hydrogen-bond acceptors (Lipinski definition) is 2. The van der Waals surface area contributed by atoms with Crippen LogP contribution in [0.4, 0.5) is 4.79 Å². The predicted molar refractivity (Wildman–Crippen MR) is 89.0 cm³/mol. The fourth-order valence-corrected chi connectivity index (χ4v) is 4.32. The Balaban J connectivity index is 1.90. The van der Waals surface area contributed by atoms with E-state index in [1.54, 1.807) is 4.90 Å². The average molecular weight is 301 g/mol. The number of piperidine rings is 1. The van der Waals surface area contributed by atoms with Gasteiger partial charge >= 0.3 is 6.03 Å². The summed E-state index contributed by atoms with van der Waals surface area (Å²) in [6.45, 7) is 6.14. The van der Waals surface area contributed by atoms with Gasteiger partial charge in [0.15, 0.2) is 0 Å². The molecule has 0 spiro atoms. The van der Waals surface area contributed by atoms with Gasteiger partial charge in [-0.15, -0.1) is 0 Å². The topological polar surface area (TPSA) is 26.8 Å². The molecule has 4 heteroatoms. The van der Waals surface area contributed by atoms with Crippen LogP contribution in [0, 0.1) is 0 Å². The van der Waals surface area contributed by atoms with Crippen molar-refractivity contribution in [2.45, 2.75) is 31.2 Å². The first-order valence-electron chi connectivity index (χ1n) is 8.34. The Bertz CT molecular complexity index is 530. The minimum atomic E-state index is 0.143. The third-order valence-corrected chi connectivity index (χ3v) is 5.55. The fraction of sp³-hybridized carbons (Fsp3) is 0.611. The summed E-state index contributed by atoms with van der Waals surface area (Å²) in [5.74, 6) is 0. The number of rotatable bonds is 2. The van der Waals surface area contributed by atoms with Gasteiger partial charge in [-0.3, -0.25) is 4.90 Å². The number of carbonyl (C=O) groups excluding carboxylic acids is 1. The van der Waals surface area contributed by atoms with Crippen LogP contribution >= 0.6 is 0 Å². The van der Waals surface area contributed by atoms with E-state index in [2.05, 4.69) is 42.2 Å². The minimum absolute atomic E-state index is 0.143. The largest absolute Gasteiger partial charge is 0.331 e. The Hall–Kier alpha value is -1.55. The number of nitrogens with zero attached hydrogens (tertiary/aromatic N) is 3. The fourth-order valence-electron chi connectivity index (χ4n) is 4.32. The van der Waals surface area contributed by atoms with E-state index in [0.717, 1.165) is 32.6 Å². The monoisotopic (exact) mass is 301 g/mol. The van der Waals surface area contributed by atoms with Gasteiger partial charge < -0.3 is 9.80 Å². The molecule has 1 aromatic carbocycles. The Morgan fingerprint density at radius 1 is 1.23 bits per heavy atom. The molecule has 2 aliphatic rings. The molecule has 2 fully saturated rings. The maximum Gasteiger partial charge on any atom is 0.319 e. The Kier molecular flexibility index (Phi) is 4.13. The van der Waals surface area contributed by atoms with Crippen LogP contribution in [0.15, 0.2) is 30.3 Å². The lowest BCUT2D eigenvalue weighted by atomic mass is 9.69. The molecular formula is C18H27N3O. The summed E-state index contributed by atoms with van der Waals surface area (Å²) in [6, 6.07) is 11.5. The molecule has 2 amide bonds. The first kappa shape index (κ1) is 15.3. The third-order valence-electron chi connectivity index (χ3n) is 5.55. The van der Waals surface area contributed by atoms with E-state index in [-0.39, 0.29) is 11.4 Å². The van der Waals surface area contributed by atoms with Crippen molar-refractivity contribution in [1.29, 1.82) is 0 Å². The van der Waals surface area contributed by atoms with Crippen molar-refractivity contribution in [3.05, 3.63) is 35.9 Å². The van der Waals surface area contributed by atoms with Crippen LogP contribution in [0.2, 0.25) is 0 Å². The van der Waals surface area contributed by atoms with Gasteiger partial charge in [-0.2, -0.15) is 0 Å². The minimum Gasteiger partial charge on any atom is -0.331 e. The van der Waals surface area contributed by atoms with Crippen molar-refractivity contribution in [2.24, 2.45) is 0 Å². The Morgan fingerprint density at radius 2 is 1.91 bits per heavy atom. The van der Waals surface area contributed by atoms with Crippen LogP contribution in [-0.2, 0) is 5.41 Å². The summed E-state index contributed by atoms with van der Waals surface area (Å²) >= 11 is 0. The molecule has 2 heterocycles. The summed E-state index contributed by atoms with van der Waals surface area (Å²) in [6.07, 6.45) is 2.28. The molecule has 3 rings (SSSR count). The molecule has 2 saturated heterocycles. The summed E-state index contributed by atoms with van der Waals surface area (Å²) in [5, 5.41) is 0. The van der Waals surface area contributed by atoms with E-state index >= 15 is 0 Å². The van der Waals surface area contributed by atoms with E-state index in [0.29, 0.717) is 6.04 Å². The SMILES string of the molecule is CCN1CC[C@]2(c3ccccc3)CCN(C(=O)N(C)C)C[C@H]12. The highest BCUT2D eigenvalue weighted by molar-refractivity contribution is 5.74. The highest BCUT2D eigenvalue weighted by Gasteiger charge is 2.51. The van der Waals surface area contributed by atoms with E-state index < -0.39 is 0 Å². The molecule has 22 heavy (non-hydrogen) atoms. The first-order valence-corrected chi connectivity index (χ1v) is 8.34. The van der Waals surface area contributed by atoms with Crippen molar-refractivity contribution < 1.29 is 4.79 Å². The molecule has 1 aromatic rings. The molecule has 0 radical (unpaired) electrons. The summed E-state index contributed by atoms with van der Waals surface area (Å²) < 4.78 is 0. The maximum absolute atomic E-state index is 12.4. The van der Waals surface area contributed by atoms with Crippen molar-refractivity contribution in [2.75, 3.05) is 40.3 Å². The first-order chi connectivity index (χ1) is 10.6. The van der Waals surface area contributed by atoms with Gasteiger partial charge in [0.25, 0.3) is 0 Å². The summed E-state index contributed by atoms with van der Waals surface area (Å²) in [7, 11) is 3.68. The van der Waals surface area contributed by atoms with Gasteiger partial charge in [0.2, 0.25) is 0 Å². The maximum atomic E-state index is 12.4. The zero-order valence-electron chi connectivity index (χ0n) is 14.0. The molecule has 0 N–H and O–H groups in total. The highest BCUT2D eigenvalue weighted by atomic mass is 16.2. The number of urea groups is 1. The van der Waals surface area contributed by atoms with Gasteiger partial charge in [-0.1, -0.05) is 37.3 Å². The Morgan fingerprint density at radius 3 is 2.55 bits per heavy atom. The van der Waals surface area contributed by atoms with Crippen LogP contribution in [0.1, 0.15) is 25.3 Å². The zero-order valence-corrected chi connectivity index (χ0v) is 14.0. The Labute approximate surface area is 133 Å².